The van der Waals surface area contributed by atoms with E-state index in [1.165, 1.54) is 127 Å². The molecule has 14 aromatic rings. The lowest BCUT2D eigenvalue weighted by Crippen LogP contribution is -2.21. The summed E-state index contributed by atoms with van der Waals surface area (Å²) in [5.41, 5.74) is 25.3. The van der Waals surface area contributed by atoms with E-state index in [9.17, 15) is 0 Å². The monoisotopic (exact) mass is 969 g/mol. The van der Waals surface area contributed by atoms with Crippen molar-refractivity contribution in [3.8, 4) is 94.7 Å². The molecule has 12 aromatic carbocycles. The van der Waals surface area contributed by atoms with Crippen molar-refractivity contribution in [1.29, 1.82) is 0 Å². The number of rotatable bonds is 8. The predicted molar refractivity (Wildman–Crippen MR) is 319 cm³/mol. The molecule has 1 aliphatic rings. The Morgan fingerprint density at radius 2 is 0.587 bits per heavy atom. The Hall–Kier alpha value is -9.54. The Labute approximate surface area is 437 Å². The van der Waals surface area contributed by atoms with Gasteiger partial charge in [-0.2, -0.15) is 0 Å². The zero-order valence-electron chi connectivity index (χ0n) is 41.0. The number of para-hydroxylation sites is 1. The average molecular weight is 970 g/mol. The molecule has 2 aromatic heterocycles. The van der Waals surface area contributed by atoms with Gasteiger partial charge in [-0.25, -0.2) is 0 Å². The van der Waals surface area contributed by atoms with Crippen molar-refractivity contribution in [3.63, 3.8) is 0 Å². The van der Waals surface area contributed by atoms with Crippen molar-refractivity contribution in [2.24, 2.45) is 0 Å². The van der Waals surface area contributed by atoms with E-state index in [-0.39, 0.29) is 0 Å². The van der Waals surface area contributed by atoms with Crippen LogP contribution in [0.3, 0.4) is 0 Å². The third kappa shape index (κ3) is 7.55. The molecule has 3 heterocycles. The van der Waals surface area contributed by atoms with Crippen LogP contribution in [-0.2, 0) is 0 Å². The molecule has 0 saturated heterocycles. The lowest BCUT2D eigenvalue weighted by molar-refractivity contribution is 0.669. The topological polar surface area (TPSA) is 18.1 Å². The van der Waals surface area contributed by atoms with Gasteiger partial charge in [-0.3, -0.25) is 0 Å². The lowest BCUT2D eigenvalue weighted by atomic mass is 9.96. The van der Waals surface area contributed by atoms with Crippen molar-refractivity contribution in [2.45, 2.75) is 0 Å². The molecule has 0 aliphatic carbocycles. The Kier molecular flexibility index (Phi) is 10.1. The molecule has 0 radical (unpaired) electrons. The van der Waals surface area contributed by atoms with Crippen molar-refractivity contribution in [3.05, 3.63) is 273 Å². The number of fused-ring (bicyclic) bond motifs is 9. The fourth-order valence-electron chi connectivity index (χ4n) is 11.8. The Bertz CT molecular complexity index is 4310. The van der Waals surface area contributed by atoms with Gasteiger partial charge in [-0.15, -0.1) is 0 Å². The molecule has 2 nitrogen and oxygen atoms in total. The number of aromatic nitrogens is 1. The first-order valence-electron chi connectivity index (χ1n) is 25.9. The van der Waals surface area contributed by atoms with Crippen LogP contribution in [0, 0.1) is 0 Å². The molecule has 0 N–H and O–H groups in total. The first-order valence-corrected chi connectivity index (χ1v) is 27.3. The number of furan rings is 1. The largest absolute Gasteiger partial charge is 0.456 e. The molecule has 75 heavy (non-hydrogen) atoms. The fourth-order valence-corrected chi connectivity index (χ4v) is 13.8. The maximum absolute atomic E-state index is 6.17. The summed E-state index contributed by atoms with van der Waals surface area (Å²) in [6.45, 7) is 0. The molecule has 0 unspecified atom stereocenters. The summed E-state index contributed by atoms with van der Waals surface area (Å²) < 4.78 is 8.67. The molecule has 0 bridgehead atoms. The van der Waals surface area contributed by atoms with Gasteiger partial charge >= 0.3 is 0 Å². The van der Waals surface area contributed by atoms with E-state index in [0.29, 0.717) is 0 Å². The highest BCUT2D eigenvalue weighted by atomic mass is 28.2. The summed E-state index contributed by atoms with van der Waals surface area (Å²) in [6.07, 6.45) is 0. The average Bonchev–Trinajstić information content (AvgIpc) is 4.18. The normalized spacial score (nSPS) is 12.3. The minimum Gasteiger partial charge on any atom is -0.456 e. The Morgan fingerprint density at radius 1 is 0.240 bits per heavy atom. The van der Waals surface area contributed by atoms with Gasteiger partial charge in [-0.05, 0) is 144 Å². The molecular formula is C72H47NOSi. The molecule has 0 spiro atoms. The second-order valence-electron chi connectivity index (χ2n) is 20.0. The fraction of sp³-hybridized carbons (Fsp3) is 0. The highest BCUT2D eigenvalue weighted by Crippen LogP contribution is 2.40. The van der Waals surface area contributed by atoms with Crippen LogP contribution in [0.15, 0.2) is 277 Å². The zero-order valence-corrected chi connectivity index (χ0v) is 42.5. The van der Waals surface area contributed by atoms with Crippen LogP contribution in [0.25, 0.3) is 138 Å². The first kappa shape index (κ1) is 43.1. The zero-order chi connectivity index (χ0) is 49.4. The third-order valence-electron chi connectivity index (χ3n) is 15.7. The minimum atomic E-state index is -0.753. The van der Waals surface area contributed by atoms with E-state index in [1.54, 1.807) is 0 Å². The van der Waals surface area contributed by atoms with Crippen LogP contribution in [0.4, 0.5) is 0 Å². The van der Waals surface area contributed by atoms with E-state index >= 15 is 0 Å². The highest BCUT2D eigenvalue weighted by Gasteiger charge is 2.22. The molecule has 0 saturated carbocycles. The number of hydrogen-bond acceptors (Lipinski definition) is 1. The molecule has 3 heteroatoms. The van der Waals surface area contributed by atoms with Crippen LogP contribution in [0.2, 0.25) is 0 Å². The van der Waals surface area contributed by atoms with Crippen LogP contribution in [-0.4, -0.2) is 14.1 Å². The van der Waals surface area contributed by atoms with E-state index in [1.807, 2.05) is 6.07 Å². The number of nitrogens with zero attached hydrogens (tertiary/aromatic N) is 1. The van der Waals surface area contributed by atoms with Gasteiger partial charge in [0.2, 0.25) is 0 Å². The summed E-state index contributed by atoms with van der Waals surface area (Å²) in [6, 6.07) is 100. The van der Waals surface area contributed by atoms with Crippen molar-refractivity contribution in [2.75, 3.05) is 0 Å². The molecule has 0 fully saturated rings. The van der Waals surface area contributed by atoms with Crippen molar-refractivity contribution < 1.29 is 4.42 Å². The standard InChI is InChI=1S/C72H47NOSi/c1-3-9-46(10-4-1)48-15-19-50(20-16-48)52-23-27-54(28-24-52)56-32-38-67-64(41-56)65-42-57(55-29-25-53(26-30-55)51-21-17-49(18-22-51)47-11-5-2-6-12-47)33-39-68(65)73(67)60-35-37-63-62-36-31-59(44-71(62)75-72(63)45-60)58-34-40-70-66(43-58)61-13-7-8-14-69(61)74-70/h1-45H,75H2. The summed E-state index contributed by atoms with van der Waals surface area (Å²) in [5, 5.41) is 7.80. The molecule has 0 atom stereocenters. The molecule has 0 amide bonds. The smallest absolute Gasteiger partial charge is 0.135 e. The van der Waals surface area contributed by atoms with Gasteiger partial charge in [0.25, 0.3) is 0 Å². The van der Waals surface area contributed by atoms with Gasteiger partial charge < -0.3 is 8.98 Å². The van der Waals surface area contributed by atoms with Gasteiger partial charge in [-0.1, -0.05) is 229 Å². The summed E-state index contributed by atoms with van der Waals surface area (Å²) >= 11 is 0. The second-order valence-corrected chi connectivity index (χ2v) is 21.9. The molecular weight excluding hydrogens is 923 g/mol. The van der Waals surface area contributed by atoms with E-state index in [2.05, 4.69) is 271 Å². The maximum atomic E-state index is 6.17. The Balaban J connectivity index is 0.784. The Morgan fingerprint density at radius 3 is 1.11 bits per heavy atom. The third-order valence-corrected chi connectivity index (χ3v) is 17.6. The lowest BCUT2D eigenvalue weighted by Gasteiger charge is -2.11. The summed E-state index contributed by atoms with van der Waals surface area (Å²) in [7, 11) is -0.753. The van der Waals surface area contributed by atoms with Crippen molar-refractivity contribution >= 4 is 63.6 Å². The summed E-state index contributed by atoms with van der Waals surface area (Å²) in [4.78, 5) is 0. The van der Waals surface area contributed by atoms with Crippen LogP contribution in [0.5, 0.6) is 0 Å². The predicted octanol–water partition coefficient (Wildman–Crippen LogP) is 17.5. The molecule has 1 aliphatic heterocycles. The SMILES string of the molecule is c1ccc(-c2ccc(-c3ccc(-c4ccc5c(c4)c4cc(-c6ccc(-c7ccc(-c8ccccc8)cc7)cc6)ccc4n5-c4ccc5c(c4)[SiH2]c4cc(-c6ccc7oc8ccccc8c7c6)ccc4-5)cc3)cc2)cc1. The van der Waals surface area contributed by atoms with E-state index < -0.39 is 9.52 Å². The van der Waals surface area contributed by atoms with Crippen LogP contribution >= 0.6 is 0 Å². The number of benzene rings is 12. The maximum Gasteiger partial charge on any atom is 0.135 e. The number of hydrogen-bond donors (Lipinski definition) is 0. The van der Waals surface area contributed by atoms with Gasteiger partial charge in [0.05, 0.1) is 20.6 Å². The van der Waals surface area contributed by atoms with Gasteiger partial charge in [0.15, 0.2) is 0 Å². The van der Waals surface area contributed by atoms with Gasteiger partial charge in [0.1, 0.15) is 11.2 Å². The van der Waals surface area contributed by atoms with Gasteiger partial charge in [0, 0.05) is 27.2 Å². The van der Waals surface area contributed by atoms with E-state index in [0.717, 1.165) is 21.9 Å². The minimum absolute atomic E-state index is 0.753. The quantitative estimate of drug-likeness (QED) is 0.139. The molecule has 15 rings (SSSR count). The van der Waals surface area contributed by atoms with Crippen LogP contribution in [0.1, 0.15) is 0 Å². The van der Waals surface area contributed by atoms with E-state index in [4.69, 9.17) is 4.42 Å². The van der Waals surface area contributed by atoms with Crippen molar-refractivity contribution in [1.82, 2.24) is 4.57 Å². The van der Waals surface area contributed by atoms with Crippen LogP contribution < -0.4 is 10.4 Å². The molecule has 350 valence electrons. The highest BCUT2D eigenvalue weighted by molar-refractivity contribution is 6.73. The second kappa shape index (κ2) is 17.6. The first-order chi connectivity index (χ1) is 37.1. The summed E-state index contributed by atoms with van der Waals surface area (Å²) in [5.74, 6) is 0.